The maximum atomic E-state index is 8.96. The van der Waals surface area contributed by atoms with E-state index in [0.29, 0.717) is 24.5 Å². The van der Waals surface area contributed by atoms with Crippen molar-refractivity contribution in [3.63, 3.8) is 0 Å². The zero-order valence-corrected chi connectivity index (χ0v) is 11.4. The van der Waals surface area contributed by atoms with Gasteiger partial charge >= 0.3 is 0 Å². The first-order valence-electron chi connectivity index (χ1n) is 6.36. The van der Waals surface area contributed by atoms with Crippen LogP contribution in [-0.2, 0) is 4.74 Å². The van der Waals surface area contributed by atoms with Crippen LogP contribution in [0.4, 0.5) is 0 Å². The Balaban J connectivity index is 2.54. The molecule has 0 spiro atoms. The largest absolute Gasteiger partial charge is 0.380 e. The summed E-state index contributed by atoms with van der Waals surface area (Å²) in [5.41, 5.74) is 5.17. The van der Waals surface area contributed by atoms with Gasteiger partial charge in [0.2, 0.25) is 0 Å². The molecule has 1 aliphatic rings. The number of methoxy groups -OCH3 is 1. The first-order chi connectivity index (χ1) is 7.89. The topological polar surface area (TPSA) is 62.3 Å². The summed E-state index contributed by atoms with van der Waals surface area (Å²) in [5, 5.41) is 8.96. The number of rotatable bonds is 4. The molecule has 0 aromatic rings. The molecular weight excluding hydrogens is 214 g/mol. The van der Waals surface area contributed by atoms with E-state index in [1.807, 2.05) is 0 Å². The molecule has 0 aromatic carbocycles. The van der Waals surface area contributed by atoms with Crippen molar-refractivity contribution in [2.24, 2.45) is 11.7 Å². The third-order valence-corrected chi connectivity index (χ3v) is 3.82. The molecule has 1 saturated heterocycles. The normalized spacial score (nSPS) is 31.5. The van der Waals surface area contributed by atoms with Crippen LogP contribution in [0, 0.1) is 17.2 Å². The predicted molar refractivity (Wildman–Crippen MR) is 68.4 cm³/mol. The van der Waals surface area contributed by atoms with Crippen molar-refractivity contribution in [3.8, 4) is 6.07 Å². The van der Waals surface area contributed by atoms with Gasteiger partial charge in [-0.3, -0.25) is 4.90 Å². The lowest BCUT2D eigenvalue weighted by atomic mass is 9.91. The lowest BCUT2D eigenvalue weighted by Gasteiger charge is -2.40. The molecule has 0 bridgehead atoms. The van der Waals surface area contributed by atoms with Crippen LogP contribution in [0.1, 0.15) is 33.6 Å². The second kappa shape index (κ2) is 5.81. The predicted octanol–water partition coefficient (Wildman–Crippen LogP) is 1.36. The molecule has 4 atom stereocenters. The quantitative estimate of drug-likeness (QED) is 0.804. The average Bonchev–Trinajstić information content (AvgIpc) is 2.29. The Morgan fingerprint density at radius 2 is 2.29 bits per heavy atom. The Labute approximate surface area is 105 Å². The Kier molecular flexibility index (Phi) is 4.93. The van der Waals surface area contributed by atoms with Gasteiger partial charge in [-0.15, -0.1) is 0 Å². The maximum absolute atomic E-state index is 8.96. The van der Waals surface area contributed by atoms with Crippen molar-refractivity contribution in [2.75, 3.05) is 20.2 Å². The molecule has 1 rings (SSSR count). The van der Waals surface area contributed by atoms with Crippen molar-refractivity contribution >= 4 is 0 Å². The van der Waals surface area contributed by atoms with Crippen LogP contribution in [-0.4, -0.2) is 42.8 Å². The number of hydrogen-bond acceptors (Lipinski definition) is 4. The molecule has 1 fully saturated rings. The minimum absolute atomic E-state index is 0.303. The van der Waals surface area contributed by atoms with E-state index < -0.39 is 5.54 Å². The highest BCUT2D eigenvalue weighted by molar-refractivity contribution is 5.03. The second-order valence-corrected chi connectivity index (χ2v) is 5.62. The van der Waals surface area contributed by atoms with Crippen molar-refractivity contribution < 1.29 is 4.74 Å². The number of ether oxygens (including phenoxy) is 1. The Morgan fingerprint density at radius 3 is 2.82 bits per heavy atom. The van der Waals surface area contributed by atoms with Gasteiger partial charge in [-0.05, 0) is 39.2 Å². The van der Waals surface area contributed by atoms with E-state index in [1.165, 1.54) is 0 Å². The van der Waals surface area contributed by atoms with Gasteiger partial charge in [0.15, 0.2) is 0 Å². The van der Waals surface area contributed by atoms with Crippen molar-refractivity contribution in [1.82, 2.24) is 4.90 Å². The summed E-state index contributed by atoms with van der Waals surface area (Å²) in [6.45, 7) is 8.19. The SMILES string of the molecule is COC1CN(C(C)CC(C)(N)C#N)CCC1C. The molecule has 98 valence electrons. The molecular formula is C13H25N3O. The van der Waals surface area contributed by atoms with Crippen LogP contribution in [0.15, 0.2) is 0 Å². The van der Waals surface area contributed by atoms with Gasteiger partial charge in [0.25, 0.3) is 0 Å². The average molecular weight is 239 g/mol. The summed E-state index contributed by atoms with van der Waals surface area (Å²) in [5.74, 6) is 0.615. The van der Waals surface area contributed by atoms with Gasteiger partial charge in [-0.25, -0.2) is 0 Å². The molecule has 4 nitrogen and oxygen atoms in total. The lowest BCUT2D eigenvalue weighted by Crippen LogP contribution is -2.50. The fourth-order valence-electron chi connectivity index (χ4n) is 2.55. The number of nitriles is 1. The third kappa shape index (κ3) is 3.95. The van der Waals surface area contributed by atoms with Gasteiger partial charge < -0.3 is 10.5 Å². The summed E-state index contributed by atoms with van der Waals surface area (Å²) in [4.78, 5) is 2.39. The highest BCUT2D eigenvalue weighted by Gasteiger charge is 2.31. The van der Waals surface area contributed by atoms with Gasteiger partial charge in [-0.2, -0.15) is 5.26 Å². The minimum Gasteiger partial charge on any atom is -0.380 e. The first-order valence-corrected chi connectivity index (χ1v) is 6.36. The highest BCUT2D eigenvalue weighted by atomic mass is 16.5. The number of likely N-dealkylation sites (tertiary alicyclic amines) is 1. The van der Waals surface area contributed by atoms with E-state index in [1.54, 1.807) is 14.0 Å². The summed E-state index contributed by atoms with van der Waals surface area (Å²) in [6, 6.07) is 2.49. The first kappa shape index (κ1) is 14.4. The van der Waals surface area contributed by atoms with Crippen LogP contribution in [0.2, 0.25) is 0 Å². The Morgan fingerprint density at radius 1 is 1.65 bits per heavy atom. The van der Waals surface area contributed by atoms with E-state index in [-0.39, 0.29) is 0 Å². The third-order valence-electron chi connectivity index (χ3n) is 3.82. The zero-order valence-electron chi connectivity index (χ0n) is 11.4. The smallest absolute Gasteiger partial charge is 0.102 e. The summed E-state index contributed by atoms with van der Waals surface area (Å²) >= 11 is 0. The maximum Gasteiger partial charge on any atom is 0.102 e. The number of piperidine rings is 1. The summed E-state index contributed by atoms with van der Waals surface area (Å²) in [6.07, 6.45) is 2.16. The van der Waals surface area contributed by atoms with Crippen molar-refractivity contribution in [1.29, 1.82) is 5.26 Å². The van der Waals surface area contributed by atoms with Gasteiger partial charge in [-0.1, -0.05) is 6.92 Å². The molecule has 0 amide bonds. The van der Waals surface area contributed by atoms with Crippen molar-refractivity contribution in [3.05, 3.63) is 0 Å². The zero-order chi connectivity index (χ0) is 13.1. The molecule has 2 N–H and O–H groups in total. The number of nitrogens with two attached hydrogens (primary N) is 1. The molecule has 1 heterocycles. The van der Waals surface area contributed by atoms with E-state index in [4.69, 9.17) is 15.7 Å². The van der Waals surface area contributed by atoms with Crippen LogP contribution >= 0.6 is 0 Å². The number of nitrogens with zero attached hydrogens (tertiary/aromatic N) is 2. The van der Waals surface area contributed by atoms with E-state index >= 15 is 0 Å². The molecule has 0 aromatic heterocycles. The summed E-state index contributed by atoms with van der Waals surface area (Å²) in [7, 11) is 1.78. The standard InChI is InChI=1S/C13H25N3O/c1-10-5-6-16(8-12(10)17-4)11(2)7-13(3,15)9-14/h10-12H,5-8,15H2,1-4H3. The van der Waals surface area contributed by atoms with Gasteiger partial charge in [0.1, 0.15) is 5.54 Å². The number of hydrogen-bond donors (Lipinski definition) is 1. The molecule has 4 heteroatoms. The molecule has 1 aliphatic heterocycles. The minimum atomic E-state index is -0.731. The Hall–Kier alpha value is -0.630. The van der Waals surface area contributed by atoms with Gasteiger partial charge in [0, 0.05) is 19.7 Å². The van der Waals surface area contributed by atoms with E-state index in [9.17, 15) is 0 Å². The van der Waals surface area contributed by atoms with Crippen molar-refractivity contribution in [2.45, 2.75) is 51.3 Å². The van der Waals surface area contributed by atoms with Crippen LogP contribution in [0.5, 0.6) is 0 Å². The monoisotopic (exact) mass is 239 g/mol. The van der Waals surface area contributed by atoms with E-state index in [0.717, 1.165) is 19.5 Å². The second-order valence-electron chi connectivity index (χ2n) is 5.62. The molecule has 0 radical (unpaired) electrons. The lowest BCUT2D eigenvalue weighted by molar-refractivity contribution is -0.0191. The summed E-state index contributed by atoms with van der Waals surface area (Å²) < 4.78 is 5.50. The molecule has 0 aliphatic carbocycles. The van der Waals surface area contributed by atoms with Crippen LogP contribution in [0.3, 0.4) is 0 Å². The van der Waals surface area contributed by atoms with Crippen LogP contribution < -0.4 is 5.73 Å². The molecule has 4 unspecified atom stereocenters. The molecule has 0 saturated carbocycles. The van der Waals surface area contributed by atoms with Gasteiger partial charge in [0.05, 0.1) is 12.2 Å². The Bertz CT molecular complexity index is 285. The van der Waals surface area contributed by atoms with E-state index in [2.05, 4.69) is 24.8 Å². The fraction of sp³-hybridized carbons (Fsp3) is 0.923. The fourth-order valence-corrected chi connectivity index (χ4v) is 2.55. The van der Waals surface area contributed by atoms with Crippen LogP contribution in [0.25, 0.3) is 0 Å². The highest BCUT2D eigenvalue weighted by Crippen LogP contribution is 2.23. The molecule has 17 heavy (non-hydrogen) atoms.